The molecule has 0 bridgehead atoms. The molecule has 7 heteroatoms. The fraction of sp³-hybridized carbons (Fsp3) is 0.353. The van der Waals surface area contributed by atoms with Gasteiger partial charge >= 0.3 is 0 Å². The number of nitrogens with two attached hydrogens (primary N) is 1. The van der Waals surface area contributed by atoms with Crippen LogP contribution in [0.5, 0.6) is 0 Å². The molecule has 7 nitrogen and oxygen atoms in total. The number of benzene rings is 1. The highest BCUT2D eigenvalue weighted by atomic mass is 16.3. The average Bonchev–Trinajstić information content (AvgIpc) is 2.94. The molecule has 1 atom stereocenters. The average molecular weight is 327 g/mol. The van der Waals surface area contributed by atoms with Crippen LogP contribution in [0.1, 0.15) is 36.2 Å². The van der Waals surface area contributed by atoms with Crippen LogP contribution in [0.2, 0.25) is 0 Å². The van der Waals surface area contributed by atoms with Gasteiger partial charge in [-0.3, -0.25) is 4.79 Å². The number of amides is 1. The van der Waals surface area contributed by atoms with Gasteiger partial charge in [0.25, 0.3) is 5.91 Å². The van der Waals surface area contributed by atoms with Crippen molar-refractivity contribution in [1.29, 1.82) is 5.26 Å². The number of nitrogens with zero attached hydrogens (tertiary/aromatic N) is 3. The molecule has 0 fully saturated rings. The fourth-order valence-corrected chi connectivity index (χ4v) is 2.42. The van der Waals surface area contributed by atoms with Crippen LogP contribution in [-0.4, -0.2) is 33.4 Å². The molecule has 0 aliphatic carbocycles. The van der Waals surface area contributed by atoms with E-state index in [9.17, 15) is 9.90 Å². The van der Waals surface area contributed by atoms with Crippen molar-refractivity contribution in [2.75, 3.05) is 12.3 Å². The van der Waals surface area contributed by atoms with E-state index < -0.39 is 0 Å². The van der Waals surface area contributed by atoms with Gasteiger partial charge in [-0.1, -0.05) is 13.8 Å². The summed E-state index contributed by atoms with van der Waals surface area (Å²) in [6.45, 7) is 3.98. The summed E-state index contributed by atoms with van der Waals surface area (Å²) in [5, 5.41) is 25.1. The Bertz CT molecular complexity index is 743. The summed E-state index contributed by atoms with van der Waals surface area (Å²) in [7, 11) is 0. The quantitative estimate of drug-likeness (QED) is 0.742. The molecule has 1 heterocycles. The molecular weight excluding hydrogens is 306 g/mol. The highest BCUT2D eigenvalue weighted by Gasteiger charge is 2.15. The maximum atomic E-state index is 12.2. The van der Waals surface area contributed by atoms with Gasteiger partial charge in [-0.05, 0) is 36.6 Å². The number of hydrogen-bond acceptors (Lipinski definition) is 5. The molecule has 24 heavy (non-hydrogen) atoms. The minimum absolute atomic E-state index is 0.0945. The molecule has 1 aromatic heterocycles. The highest BCUT2D eigenvalue weighted by Crippen LogP contribution is 2.17. The van der Waals surface area contributed by atoms with Gasteiger partial charge in [-0.25, -0.2) is 4.68 Å². The Morgan fingerprint density at radius 1 is 1.42 bits per heavy atom. The lowest BCUT2D eigenvalue weighted by Crippen LogP contribution is -2.38. The zero-order chi connectivity index (χ0) is 17.7. The first-order chi connectivity index (χ1) is 11.5. The number of rotatable bonds is 6. The Balaban J connectivity index is 2.12. The Morgan fingerprint density at radius 2 is 2.08 bits per heavy atom. The predicted octanol–water partition coefficient (Wildman–Crippen LogP) is 1.46. The normalized spacial score (nSPS) is 12.0. The molecule has 0 saturated carbocycles. The number of aliphatic hydroxyl groups is 1. The molecule has 1 amide bonds. The van der Waals surface area contributed by atoms with Crippen LogP contribution in [0.25, 0.3) is 5.69 Å². The minimum Gasteiger partial charge on any atom is -0.394 e. The van der Waals surface area contributed by atoms with Crippen molar-refractivity contribution in [3.8, 4) is 11.8 Å². The first-order valence-corrected chi connectivity index (χ1v) is 7.72. The SMILES string of the molecule is CC(C)CC(CO)NC(=O)c1ccc(-n2ncc(C#N)c2N)cc1. The molecule has 4 N–H and O–H groups in total. The number of aromatic nitrogens is 2. The topological polar surface area (TPSA) is 117 Å². The summed E-state index contributed by atoms with van der Waals surface area (Å²) >= 11 is 0. The molecule has 0 aliphatic heterocycles. The molecule has 0 spiro atoms. The third-order valence-electron chi connectivity index (χ3n) is 3.61. The van der Waals surface area contributed by atoms with Crippen LogP contribution < -0.4 is 11.1 Å². The number of anilines is 1. The van der Waals surface area contributed by atoms with Crippen molar-refractivity contribution < 1.29 is 9.90 Å². The van der Waals surface area contributed by atoms with Crippen LogP contribution in [-0.2, 0) is 0 Å². The van der Waals surface area contributed by atoms with E-state index in [1.165, 1.54) is 10.9 Å². The van der Waals surface area contributed by atoms with Crippen molar-refractivity contribution in [3.63, 3.8) is 0 Å². The van der Waals surface area contributed by atoms with Gasteiger partial charge in [0.05, 0.1) is 24.5 Å². The predicted molar refractivity (Wildman–Crippen MR) is 90.5 cm³/mol. The van der Waals surface area contributed by atoms with Crippen molar-refractivity contribution in [1.82, 2.24) is 15.1 Å². The van der Waals surface area contributed by atoms with E-state index in [0.717, 1.165) is 0 Å². The first kappa shape index (κ1) is 17.5. The van der Waals surface area contributed by atoms with Crippen molar-refractivity contribution in [3.05, 3.63) is 41.6 Å². The lowest BCUT2D eigenvalue weighted by molar-refractivity contribution is 0.0908. The maximum absolute atomic E-state index is 12.2. The Labute approximate surface area is 140 Å². The number of carbonyl (C=O) groups excluding carboxylic acids is 1. The summed E-state index contributed by atoms with van der Waals surface area (Å²) in [6.07, 6.45) is 2.11. The van der Waals surface area contributed by atoms with Crippen LogP contribution in [0, 0.1) is 17.2 Å². The van der Waals surface area contributed by atoms with Crippen LogP contribution >= 0.6 is 0 Å². The van der Waals surface area contributed by atoms with Crippen LogP contribution in [0.4, 0.5) is 5.82 Å². The summed E-state index contributed by atoms with van der Waals surface area (Å²) in [5.41, 5.74) is 7.28. The molecule has 1 aromatic carbocycles. The minimum atomic E-state index is -0.267. The second-order valence-corrected chi connectivity index (χ2v) is 6.00. The van der Waals surface area contributed by atoms with E-state index in [1.54, 1.807) is 24.3 Å². The molecule has 0 saturated heterocycles. The monoisotopic (exact) mass is 327 g/mol. The smallest absolute Gasteiger partial charge is 0.251 e. The van der Waals surface area contributed by atoms with Crippen molar-refractivity contribution in [2.24, 2.45) is 5.92 Å². The first-order valence-electron chi connectivity index (χ1n) is 7.72. The summed E-state index contributed by atoms with van der Waals surface area (Å²) in [6, 6.07) is 8.41. The lowest BCUT2D eigenvalue weighted by Gasteiger charge is -2.18. The number of aliphatic hydroxyl groups excluding tert-OH is 1. The van der Waals surface area contributed by atoms with E-state index in [-0.39, 0.29) is 24.4 Å². The molecule has 0 aliphatic rings. The van der Waals surface area contributed by atoms with E-state index in [4.69, 9.17) is 11.0 Å². The molecule has 0 radical (unpaired) electrons. The van der Waals surface area contributed by atoms with E-state index in [1.807, 2.05) is 19.9 Å². The Hall–Kier alpha value is -2.85. The van der Waals surface area contributed by atoms with Gasteiger partial charge in [-0.15, -0.1) is 0 Å². The van der Waals surface area contributed by atoms with Crippen molar-refractivity contribution >= 4 is 11.7 Å². The summed E-state index contributed by atoms with van der Waals surface area (Å²) in [5.74, 6) is 0.390. The molecular formula is C17H21N5O2. The maximum Gasteiger partial charge on any atom is 0.251 e. The van der Waals surface area contributed by atoms with Gasteiger partial charge in [0.2, 0.25) is 0 Å². The summed E-state index contributed by atoms with van der Waals surface area (Å²) in [4.78, 5) is 12.2. The Kier molecular flexibility index (Phi) is 5.55. The van der Waals surface area contributed by atoms with Gasteiger partial charge in [-0.2, -0.15) is 10.4 Å². The molecule has 126 valence electrons. The highest BCUT2D eigenvalue weighted by molar-refractivity contribution is 5.94. The zero-order valence-corrected chi connectivity index (χ0v) is 13.7. The van der Waals surface area contributed by atoms with E-state index in [2.05, 4.69) is 10.4 Å². The number of nitrogens with one attached hydrogen (secondary N) is 1. The third kappa shape index (κ3) is 3.91. The van der Waals surface area contributed by atoms with Gasteiger partial charge in [0.1, 0.15) is 17.5 Å². The standard InChI is InChI=1S/C17H21N5O2/c1-11(2)7-14(10-23)21-17(24)12-3-5-15(6-4-12)22-16(19)13(8-18)9-20-22/h3-6,9,11,14,23H,7,10,19H2,1-2H3,(H,21,24). The second-order valence-electron chi connectivity index (χ2n) is 6.00. The van der Waals surface area contributed by atoms with Gasteiger partial charge in [0, 0.05) is 5.56 Å². The van der Waals surface area contributed by atoms with Crippen LogP contribution in [0.3, 0.4) is 0 Å². The Morgan fingerprint density at radius 3 is 2.58 bits per heavy atom. The number of carbonyl (C=O) groups is 1. The van der Waals surface area contributed by atoms with E-state index >= 15 is 0 Å². The fourth-order valence-electron chi connectivity index (χ4n) is 2.42. The van der Waals surface area contributed by atoms with Gasteiger partial charge in [0.15, 0.2) is 0 Å². The lowest BCUT2D eigenvalue weighted by atomic mass is 10.0. The number of nitriles is 1. The number of hydrogen-bond donors (Lipinski definition) is 3. The van der Waals surface area contributed by atoms with E-state index in [0.29, 0.717) is 29.2 Å². The van der Waals surface area contributed by atoms with Crippen LogP contribution in [0.15, 0.2) is 30.5 Å². The third-order valence-corrected chi connectivity index (χ3v) is 3.61. The van der Waals surface area contributed by atoms with Gasteiger partial charge < -0.3 is 16.2 Å². The molecule has 2 rings (SSSR count). The molecule has 2 aromatic rings. The zero-order valence-electron chi connectivity index (χ0n) is 13.7. The summed E-state index contributed by atoms with van der Waals surface area (Å²) < 4.78 is 1.44. The van der Waals surface area contributed by atoms with Crippen molar-refractivity contribution in [2.45, 2.75) is 26.3 Å². The second kappa shape index (κ2) is 7.62. The molecule has 1 unspecified atom stereocenters. The largest absolute Gasteiger partial charge is 0.394 e. The number of nitrogen functional groups attached to an aromatic ring is 1.